The van der Waals surface area contributed by atoms with Crippen LogP contribution in [0.15, 0.2) is 69.7 Å². The third-order valence-corrected chi connectivity index (χ3v) is 7.67. The number of benzene rings is 2. The molecule has 0 saturated heterocycles. The van der Waals surface area contributed by atoms with E-state index < -0.39 is 0 Å². The summed E-state index contributed by atoms with van der Waals surface area (Å²) >= 11 is 5.32. The van der Waals surface area contributed by atoms with Crippen LogP contribution in [0.5, 0.6) is 11.5 Å². The molecule has 1 aliphatic heterocycles. The van der Waals surface area contributed by atoms with Crippen LogP contribution >= 0.6 is 27.3 Å². The van der Waals surface area contributed by atoms with E-state index in [0.717, 1.165) is 39.1 Å². The lowest BCUT2D eigenvalue weighted by molar-refractivity contribution is -0.116. The molecule has 2 heterocycles. The molecule has 0 amide bonds. The van der Waals surface area contributed by atoms with Crippen molar-refractivity contribution in [3.63, 3.8) is 0 Å². The Morgan fingerprint density at radius 2 is 1.84 bits per heavy atom. The number of anilines is 2. The standard InChI is InChI=1S/C25H23BrN2O3S/c1-30-21-13-15(10-16(26)25(21)31-2)24-23-19(27-17-6-3-4-7-18(17)28-24)11-14(12-20(23)29)22-8-5-9-32-22/h3-10,13-14,24,27-28H,11-12H2,1-2H3/t14-,24+/m1/s1. The maximum Gasteiger partial charge on any atom is 0.174 e. The highest BCUT2D eigenvalue weighted by Crippen LogP contribution is 2.47. The third kappa shape index (κ3) is 3.69. The number of carbonyl (C=O) groups excluding carboxylic acids is 1. The Bertz CT molecular complexity index is 1210. The normalized spacial score (nSPS) is 19.9. The van der Waals surface area contributed by atoms with Gasteiger partial charge in [0, 0.05) is 28.5 Å². The number of halogens is 1. The molecule has 0 unspecified atom stereocenters. The molecule has 1 aromatic heterocycles. The maximum absolute atomic E-state index is 13.6. The number of Topliss-reactive ketones (excluding diaryl/α,β-unsaturated/α-hetero) is 1. The van der Waals surface area contributed by atoms with Crippen molar-refractivity contribution in [2.24, 2.45) is 0 Å². The molecule has 0 bridgehead atoms. The van der Waals surface area contributed by atoms with Gasteiger partial charge in [-0.2, -0.15) is 0 Å². The van der Waals surface area contributed by atoms with Gasteiger partial charge in [-0.1, -0.05) is 18.2 Å². The zero-order chi connectivity index (χ0) is 22.2. The van der Waals surface area contributed by atoms with Crippen LogP contribution < -0.4 is 20.1 Å². The molecule has 2 aromatic carbocycles. The predicted molar refractivity (Wildman–Crippen MR) is 132 cm³/mol. The summed E-state index contributed by atoms with van der Waals surface area (Å²) in [6, 6.07) is 15.9. The minimum atomic E-state index is -0.311. The van der Waals surface area contributed by atoms with Crippen molar-refractivity contribution in [2.45, 2.75) is 24.8 Å². The minimum absolute atomic E-state index is 0.161. The molecule has 2 atom stereocenters. The Balaban J connectivity index is 1.65. The molecular formula is C25H23BrN2O3S. The van der Waals surface area contributed by atoms with Crippen molar-refractivity contribution in [3.8, 4) is 11.5 Å². The topological polar surface area (TPSA) is 59.6 Å². The molecule has 2 aliphatic rings. The van der Waals surface area contributed by atoms with Crippen LogP contribution in [0.25, 0.3) is 0 Å². The molecule has 5 rings (SSSR count). The quantitative estimate of drug-likeness (QED) is 0.419. The number of fused-ring (bicyclic) bond motifs is 1. The van der Waals surface area contributed by atoms with E-state index in [0.29, 0.717) is 17.9 Å². The highest BCUT2D eigenvalue weighted by Gasteiger charge is 2.36. The fraction of sp³-hybridized carbons (Fsp3) is 0.240. The van der Waals surface area contributed by atoms with E-state index in [9.17, 15) is 4.79 Å². The largest absolute Gasteiger partial charge is 0.493 e. The summed E-state index contributed by atoms with van der Waals surface area (Å²) in [7, 11) is 3.23. The summed E-state index contributed by atoms with van der Waals surface area (Å²) in [6.45, 7) is 0. The van der Waals surface area contributed by atoms with Crippen LogP contribution in [0.4, 0.5) is 11.4 Å². The number of methoxy groups -OCH3 is 2. The van der Waals surface area contributed by atoms with Crippen LogP contribution in [-0.4, -0.2) is 20.0 Å². The lowest BCUT2D eigenvalue weighted by Gasteiger charge is -2.29. The van der Waals surface area contributed by atoms with Gasteiger partial charge in [-0.3, -0.25) is 4.79 Å². The number of carbonyl (C=O) groups is 1. The first-order valence-corrected chi connectivity index (χ1v) is 12.1. The Hall–Kier alpha value is -2.77. The average Bonchev–Trinajstić information content (AvgIpc) is 3.27. The number of ketones is 1. The Morgan fingerprint density at radius 1 is 1.03 bits per heavy atom. The second-order valence-electron chi connectivity index (χ2n) is 7.92. The lowest BCUT2D eigenvalue weighted by atomic mass is 9.80. The number of allylic oxidation sites excluding steroid dienone is 1. The molecule has 5 nitrogen and oxygen atoms in total. The smallest absolute Gasteiger partial charge is 0.174 e. The fourth-order valence-corrected chi connectivity index (χ4v) is 6.02. The monoisotopic (exact) mass is 510 g/mol. The van der Waals surface area contributed by atoms with Gasteiger partial charge in [0.25, 0.3) is 0 Å². The van der Waals surface area contributed by atoms with Crippen molar-refractivity contribution in [1.29, 1.82) is 0 Å². The SMILES string of the molecule is COc1cc([C@@H]2Nc3ccccc3NC3=C2C(=O)C[C@H](c2cccs2)C3)cc(Br)c1OC. The highest BCUT2D eigenvalue weighted by atomic mass is 79.9. The molecule has 3 aromatic rings. The third-order valence-electron chi connectivity index (χ3n) is 6.04. The lowest BCUT2D eigenvalue weighted by Crippen LogP contribution is -2.26. The van der Waals surface area contributed by atoms with E-state index in [4.69, 9.17) is 9.47 Å². The van der Waals surface area contributed by atoms with E-state index in [1.165, 1.54) is 4.88 Å². The molecule has 2 N–H and O–H groups in total. The molecular weight excluding hydrogens is 488 g/mol. The van der Waals surface area contributed by atoms with Gasteiger partial charge in [0.1, 0.15) is 0 Å². The van der Waals surface area contributed by atoms with Crippen LogP contribution in [-0.2, 0) is 4.79 Å². The predicted octanol–water partition coefficient (Wildman–Crippen LogP) is 6.51. The van der Waals surface area contributed by atoms with Gasteiger partial charge < -0.3 is 20.1 Å². The second-order valence-corrected chi connectivity index (χ2v) is 9.76. The number of thiophene rings is 1. The number of hydrogen-bond acceptors (Lipinski definition) is 6. The summed E-state index contributed by atoms with van der Waals surface area (Å²) in [6.07, 6.45) is 1.30. The van der Waals surface area contributed by atoms with Crippen molar-refractivity contribution >= 4 is 44.4 Å². The Morgan fingerprint density at radius 3 is 2.56 bits per heavy atom. The first-order chi connectivity index (χ1) is 15.6. The van der Waals surface area contributed by atoms with Crippen molar-refractivity contribution in [1.82, 2.24) is 0 Å². The molecule has 0 radical (unpaired) electrons. The number of nitrogens with one attached hydrogen (secondary N) is 2. The van der Waals surface area contributed by atoms with Gasteiger partial charge in [0.05, 0.1) is 36.1 Å². The number of para-hydroxylation sites is 2. The molecule has 7 heteroatoms. The van der Waals surface area contributed by atoms with Crippen LogP contribution in [0.3, 0.4) is 0 Å². The average molecular weight is 511 g/mol. The number of hydrogen-bond donors (Lipinski definition) is 2. The Labute approximate surface area is 199 Å². The first-order valence-electron chi connectivity index (χ1n) is 10.4. The van der Waals surface area contributed by atoms with Crippen LogP contribution in [0.1, 0.15) is 35.2 Å². The number of ether oxygens (including phenoxy) is 2. The summed E-state index contributed by atoms with van der Waals surface area (Å²) in [5.41, 5.74) is 4.63. The van der Waals surface area contributed by atoms with Crippen molar-refractivity contribution < 1.29 is 14.3 Å². The maximum atomic E-state index is 13.6. The zero-order valence-electron chi connectivity index (χ0n) is 17.8. The molecule has 0 saturated carbocycles. The fourth-order valence-electron chi connectivity index (χ4n) is 4.57. The van der Waals surface area contributed by atoms with Crippen molar-refractivity contribution in [2.75, 3.05) is 24.9 Å². The summed E-state index contributed by atoms with van der Waals surface area (Å²) in [4.78, 5) is 14.8. The number of rotatable bonds is 4. The van der Waals surface area contributed by atoms with Gasteiger partial charge in [0.15, 0.2) is 17.3 Å². The van der Waals surface area contributed by atoms with Crippen LogP contribution in [0.2, 0.25) is 0 Å². The van der Waals surface area contributed by atoms with Gasteiger partial charge in [0.2, 0.25) is 0 Å². The molecule has 0 fully saturated rings. The highest BCUT2D eigenvalue weighted by molar-refractivity contribution is 9.10. The van der Waals surface area contributed by atoms with Gasteiger partial charge in [-0.05, 0) is 63.6 Å². The van der Waals surface area contributed by atoms with Gasteiger partial charge in [-0.25, -0.2) is 0 Å². The van der Waals surface area contributed by atoms with E-state index in [2.05, 4.69) is 44.1 Å². The van der Waals surface area contributed by atoms with Crippen LogP contribution in [0, 0.1) is 0 Å². The summed E-state index contributed by atoms with van der Waals surface area (Å²) < 4.78 is 11.9. The van der Waals surface area contributed by atoms with Crippen molar-refractivity contribution in [3.05, 3.63) is 80.1 Å². The summed E-state index contributed by atoms with van der Waals surface area (Å²) in [5, 5.41) is 9.27. The molecule has 1 aliphatic carbocycles. The van der Waals surface area contributed by atoms with E-state index >= 15 is 0 Å². The minimum Gasteiger partial charge on any atom is -0.493 e. The second kappa shape index (κ2) is 8.64. The Kier molecular flexibility index (Phi) is 5.69. The van der Waals surface area contributed by atoms with Gasteiger partial charge in [-0.15, -0.1) is 11.3 Å². The summed E-state index contributed by atoms with van der Waals surface area (Å²) in [5.74, 6) is 1.60. The van der Waals surface area contributed by atoms with E-state index in [1.54, 1.807) is 25.6 Å². The first kappa shape index (κ1) is 21.1. The van der Waals surface area contributed by atoms with E-state index in [1.807, 2.05) is 36.4 Å². The molecule has 32 heavy (non-hydrogen) atoms. The van der Waals surface area contributed by atoms with E-state index in [-0.39, 0.29) is 17.7 Å². The van der Waals surface area contributed by atoms with Gasteiger partial charge >= 0.3 is 0 Å². The zero-order valence-corrected chi connectivity index (χ0v) is 20.2. The molecule has 164 valence electrons. The molecule has 0 spiro atoms.